The van der Waals surface area contributed by atoms with Gasteiger partial charge < -0.3 is 14.4 Å². The number of aromatic nitrogens is 1. The number of hydrogen-bond donors (Lipinski definition) is 1. The molecule has 1 heterocycles. The number of carboxylic acids is 1. The van der Waals surface area contributed by atoms with Gasteiger partial charge in [-0.15, -0.1) is 0 Å². The van der Waals surface area contributed by atoms with E-state index in [-0.39, 0.29) is 0 Å². The number of para-hydroxylation sites is 1. The molecule has 0 atom stereocenters. The Kier molecular flexibility index (Phi) is 4.25. The molecule has 1 aliphatic carbocycles. The third-order valence-corrected chi connectivity index (χ3v) is 4.26. The minimum absolute atomic E-state index is 0.357. The second kappa shape index (κ2) is 6.31. The molecule has 0 amide bonds. The predicted molar refractivity (Wildman–Crippen MR) is 81.7 cm³/mol. The lowest BCUT2D eigenvalue weighted by Gasteiger charge is -2.22. The van der Waals surface area contributed by atoms with Crippen LogP contribution in [0.1, 0.15) is 42.5 Å². The molecule has 1 saturated carbocycles. The van der Waals surface area contributed by atoms with E-state index in [0.29, 0.717) is 24.8 Å². The van der Waals surface area contributed by atoms with Crippen molar-refractivity contribution in [3.05, 3.63) is 36.0 Å². The van der Waals surface area contributed by atoms with Crippen molar-refractivity contribution in [3.63, 3.8) is 0 Å². The molecule has 2 aromatic rings. The van der Waals surface area contributed by atoms with E-state index in [1.54, 1.807) is 12.1 Å². The topological polar surface area (TPSA) is 51.5 Å². The van der Waals surface area contributed by atoms with Crippen LogP contribution >= 0.6 is 0 Å². The first-order chi connectivity index (χ1) is 10.3. The highest BCUT2D eigenvalue weighted by atomic mass is 16.5. The van der Waals surface area contributed by atoms with Crippen LogP contribution in [0.25, 0.3) is 10.9 Å². The Morgan fingerprint density at radius 1 is 1.24 bits per heavy atom. The molecule has 3 rings (SSSR count). The summed E-state index contributed by atoms with van der Waals surface area (Å²) in [4.78, 5) is 11.3. The number of benzene rings is 1. The largest absolute Gasteiger partial charge is 0.478 e. The molecule has 0 bridgehead atoms. The highest BCUT2D eigenvalue weighted by Gasteiger charge is 2.15. The van der Waals surface area contributed by atoms with E-state index in [4.69, 9.17) is 4.74 Å². The van der Waals surface area contributed by atoms with Crippen molar-refractivity contribution in [3.8, 4) is 0 Å². The predicted octanol–water partition coefficient (Wildman–Crippen LogP) is 3.69. The van der Waals surface area contributed by atoms with Crippen molar-refractivity contribution >= 4 is 16.9 Å². The third kappa shape index (κ3) is 3.10. The monoisotopic (exact) mass is 287 g/mol. The molecule has 0 saturated heterocycles. The molecule has 1 aromatic carbocycles. The van der Waals surface area contributed by atoms with Crippen molar-refractivity contribution < 1.29 is 14.6 Å². The highest BCUT2D eigenvalue weighted by molar-refractivity contribution is 6.02. The molecule has 21 heavy (non-hydrogen) atoms. The standard InChI is InChI=1S/C17H21NO3/c19-17(20)15-8-4-5-13-9-10-18(16(13)15)11-12-21-14-6-2-1-3-7-14/h4-5,8-10,14H,1-3,6-7,11-12H2,(H,19,20). The summed E-state index contributed by atoms with van der Waals surface area (Å²) < 4.78 is 7.92. The number of aromatic carboxylic acids is 1. The van der Waals surface area contributed by atoms with E-state index < -0.39 is 5.97 Å². The summed E-state index contributed by atoms with van der Waals surface area (Å²) in [6, 6.07) is 7.35. The van der Waals surface area contributed by atoms with Crippen molar-refractivity contribution in [1.82, 2.24) is 4.57 Å². The first-order valence-corrected chi connectivity index (χ1v) is 7.68. The minimum atomic E-state index is -0.881. The van der Waals surface area contributed by atoms with Gasteiger partial charge in [0.2, 0.25) is 0 Å². The molecule has 1 aromatic heterocycles. The van der Waals surface area contributed by atoms with Crippen molar-refractivity contribution in [2.75, 3.05) is 6.61 Å². The maximum atomic E-state index is 11.3. The van der Waals surface area contributed by atoms with Crippen molar-refractivity contribution in [2.45, 2.75) is 44.8 Å². The van der Waals surface area contributed by atoms with Gasteiger partial charge in [0.15, 0.2) is 0 Å². The zero-order valence-electron chi connectivity index (χ0n) is 12.1. The first-order valence-electron chi connectivity index (χ1n) is 7.68. The summed E-state index contributed by atoms with van der Waals surface area (Å²) in [5.74, 6) is -0.881. The van der Waals surface area contributed by atoms with Crippen LogP contribution in [-0.4, -0.2) is 28.4 Å². The van der Waals surface area contributed by atoms with E-state index in [9.17, 15) is 9.90 Å². The Morgan fingerprint density at radius 2 is 2.05 bits per heavy atom. The Bertz CT molecular complexity index is 626. The lowest BCUT2D eigenvalue weighted by molar-refractivity contribution is 0.0245. The maximum absolute atomic E-state index is 11.3. The molecule has 1 aliphatic rings. The summed E-state index contributed by atoms with van der Waals surface area (Å²) in [5, 5.41) is 10.3. The Hall–Kier alpha value is -1.81. The van der Waals surface area contributed by atoms with Gasteiger partial charge in [-0.1, -0.05) is 31.4 Å². The summed E-state index contributed by atoms with van der Waals surface area (Å²) in [6.45, 7) is 1.34. The first kappa shape index (κ1) is 14.1. The number of fused-ring (bicyclic) bond motifs is 1. The Balaban J connectivity index is 1.70. The zero-order chi connectivity index (χ0) is 14.7. The Morgan fingerprint density at radius 3 is 2.81 bits per heavy atom. The molecule has 1 fully saturated rings. The van der Waals surface area contributed by atoms with Crippen LogP contribution in [0.4, 0.5) is 0 Å². The average molecular weight is 287 g/mol. The Labute approximate surface area is 124 Å². The molecule has 4 heteroatoms. The lowest BCUT2D eigenvalue weighted by Crippen LogP contribution is -2.19. The fourth-order valence-corrected chi connectivity index (χ4v) is 3.17. The van der Waals surface area contributed by atoms with Gasteiger partial charge in [-0.3, -0.25) is 0 Å². The van der Waals surface area contributed by atoms with Crippen LogP contribution in [0.15, 0.2) is 30.5 Å². The molecular formula is C17H21NO3. The fraction of sp³-hybridized carbons (Fsp3) is 0.471. The van der Waals surface area contributed by atoms with Crippen LogP contribution in [0.2, 0.25) is 0 Å². The average Bonchev–Trinajstić information content (AvgIpc) is 2.91. The molecule has 1 N–H and O–H groups in total. The molecule has 0 spiro atoms. The van der Waals surface area contributed by atoms with Crippen LogP contribution in [0.5, 0.6) is 0 Å². The maximum Gasteiger partial charge on any atom is 0.337 e. The molecular weight excluding hydrogens is 266 g/mol. The van der Waals surface area contributed by atoms with E-state index in [0.717, 1.165) is 23.7 Å². The quantitative estimate of drug-likeness (QED) is 0.912. The molecule has 0 radical (unpaired) electrons. The van der Waals surface area contributed by atoms with Gasteiger partial charge in [0.25, 0.3) is 0 Å². The fourth-order valence-electron chi connectivity index (χ4n) is 3.17. The number of carbonyl (C=O) groups is 1. The summed E-state index contributed by atoms with van der Waals surface area (Å²) >= 11 is 0. The van der Waals surface area contributed by atoms with E-state index in [1.807, 2.05) is 22.9 Å². The number of carboxylic acid groups (broad SMARTS) is 1. The summed E-state index contributed by atoms with van der Waals surface area (Å²) in [7, 11) is 0. The second-order valence-corrected chi connectivity index (χ2v) is 5.69. The van der Waals surface area contributed by atoms with Gasteiger partial charge in [-0.2, -0.15) is 0 Å². The number of nitrogens with zero attached hydrogens (tertiary/aromatic N) is 1. The number of rotatable bonds is 5. The van der Waals surface area contributed by atoms with E-state index in [2.05, 4.69) is 0 Å². The van der Waals surface area contributed by atoms with Crippen LogP contribution in [0.3, 0.4) is 0 Å². The van der Waals surface area contributed by atoms with Gasteiger partial charge in [-0.25, -0.2) is 4.79 Å². The number of ether oxygens (including phenoxy) is 1. The van der Waals surface area contributed by atoms with Crippen LogP contribution in [0, 0.1) is 0 Å². The van der Waals surface area contributed by atoms with Crippen LogP contribution < -0.4 is 0 Å². The third-order valence-electron chi connectivity index (χ3n) is 4.26. The van der Waals surface area contributed by atoms with Gasteiger partial charge in [0.1, 0.15) is 0 Å². The molecule has 112 valence electrons. The molecule has 0 unspecified atom stereocenters. The normalized spacial score (nSPS) is 16.4. The van der Waals surface area contributed by atoms with Gasteiger partial charge >= 0.3 is 5.97 Å². The van der Waals surface area contributed by atoms with Crippen molar-refractivity contribution in [1.29, 1.82) is 0 Å². The zero-order valence-corrected chi connectivity index (χ0v) is 12.1. The SMILES string of the molecule is O=C(O)c1cccc2ccn(CCOC3CCCCC3)c12. The smallest absolute Gasteiger partial charge is 0.337 e. The molecule has 0 aliphatic heterocycles. The van der Waals surface area contributed by atoms with Gasteiger partial charge in [-0.05, 0) is 25.0 Å². The van der Waals surface area contributed by atoms with Crippen molar-refractivity contribution in [2.24, 2.45) is 0 Å². The number of hydrogen-bond acceptors (Lipinski definition) is 2. The molecule has 4 nitrogen and oxygen atoms in total. The van der Waals surface area contributed by atoms with E-state index >= 15 is 0 Å². The summed E-state index contributed by atoms with van der Waals surface area (Å²) in [5.41, 5.74) is 1.15. The second-order valence-electron chi connectivity index (χ2n) is 5.69. The minimum Gasteiger partial charge on any atom is -0.478 e. The van der Waals surface area contributed by atoms with Gasteiger partial charge in [0, 0.05) is 18.1 Å². The van der Waals surface area contributed by atoms with Gasteiger partial charge in [0.05, 0.1) is 23.8 Å². The van der Waals surface area contributed by atoms with E-state index in [1.165, 1.54) is 19.3 Å². The van der Waals surface area contributed by atoms with Crippen LogP contribution in [-0.2, 0) is 11.3 Å². The lowest BCUT2D eigenvalue weighted by atomic mass is 9.98. The summed E-state index contributed by atoms with van der Waals surface area (Å²) in [6.07, 6.45) is 8.51. The highest BCUT2D eigenvalue weighted by Crippen LogP contribution is 2.22.